The Morgan fingerprint density at radius 1 is 1.20 bits per heavy atom. The summed E-state index contributed by atoms with van der Waals surface area (Å²) in [5, 5.41) is 13.3. The number of ether oxygens (including phenoxy) is 1. The van der Waals surface area contributed by atoms with Crippen molar-refractivity contribution in [1.82, 2.24) is 4.90 Å². The van der Waals surface area contributed by atoms with Crippen LogP contribution in [-0.2, 0) is 17.9 Å². The van der Waals surface area contributed by atoms with Gasteiger partial charge in [-0.3, -0.25) is 4.90 Å². The van der Waals surface area contributed by atoms with Crippen LogP contribution in [0.25, 0.3) is 0 Å². The van der Waals surface area contributed by atoms with Crippen molar-refractivity contribution >= 4 is 22.9 Å². The molecule has 1 saturated carbocycles. The molecule has 1 fully saturated rings. The monoisotopic (exact) mass is 379 g/mol. The van der Waals surface area contributed by atoms with Crippen LogP contribution in [-0.4, -0.2) is 35.3 Å². The lowest BCUT2D eigenvalue weighted by Gasteiger charge is -2.31. The van der Waals surface area contributed by atoms with Crippen molar-refractivity contribution in [3.63, 3.8) is 0 Å². The first kappa shape index (κ1) is 18.9. The number of nitrogens with zero attached hydrogens (tertiary/aromatic N) is 1. The van der Waals surface area contributed by atoms with Crippen LogP contribution >= 0.6 is 22.9 Å². The van der Waals surface area contributed by atoms with Gasteiger partial charge in [-0.2, -0.15) is 0 Å². The number of thiophene rings is 1. The summed E-state index contributed by atoms with van der Waals surface area (Å²) in [6.07, 6.45) is 4.46. The van der Waals surface area contributed by atoms with Crippen LogP contribution in [0.15, 0.2) is 41.8 Å². The molecule has 1 unspecified atom stereocenters. The van der Waals surface area contributed by atoms with E-state index in [4.69, 9.17) is 16.3 Å². The fourth-order valence-electron chi connectivity index (χ4n) is 3.47. The van der Waals surface area contributed by atoms with Crippen LogP contribution in [0.2, 0.25) is 5.02 Å². The molecule has 2 aromatic rings. The van der Waals surface area contributed by atoms with Crippen LogP contribution in [0.1, 0.15) is 36.1 Å². The van der Waals surface area contributed by atoms with E-state index in [9.17, 15) is 5.11 Å². The molecular formula is C20H26ClNO2S. The minimum atomic E-state index is -0.483. The highest BCUT2D eigenvalue weighted by atomic mass is 35.5. The Labute approximate surface area is 159 Å². The van der Waals surface area contributed by atoms with Crippen molar-refractivity contribution in [2.45, 2.75) is 51.0 Å². The highest BCUT2D eigenvalue weighted by molar-refractivity contribution is 7.09. The summed E-state index contributed by atoms with van der Waals surface area (Å²) >= 11 is 8.02. The smallest absolute Gasteiger partial charge is 0.0900 e. The van der Waals surface area contributed by atoms with Gasteiger partial charge in [0.2, 0.25) is 0 Å². The van der Waals surface area contributed by atoms with Crippen LogP contribution in [0.3, 0.4) is 0 Å². The molecule has 3 nitrogen and oxygen atoms in total. The van der Waals surface area contributed by atoms with Crippen LogP contribution in [0, 0.1) is 0 Å². The topological polar surface area (TPSA) is 32.7 Å². The average Bonchev–Trinajstić information content (AvgIpc) is 3.29. The fourth-order valence-corrected chi connectivity index (χ4v) is 4.31. The van der Waals surface area contributed by atoms with Gasteiger partial charge < -0.3 is 9.84 Å². The quantitative estimate of drug-likeness (QED) is 0.684. The van der Waals surface area contributed by atoms with Gasteiger partial charge in [0.05, 0.1) is 19.3 Å². The summed E-state index contributed by atoms with van der Waals surface area (Å²) in [6.45, 7) is 2.35. The minimum absolute atomic E-state index is 0.365. The second-order valence-corrected chi connectivity index (χ2v) is 8.15. The molecule has 5 heteroatoms. The second-order valence-electron chi connectivity index (χ2n) is 6.71. The maximum absolute atomic E-state index is 10.5. The average molecular weight is 380 g/mol. The normalized spacial score (nSPS) is 16.6. The van der Waals surface area contributed by atoms with E-state index >= 15 is 0 Å². The van der Waals surface area contributed by atoms with E-state index in [-0.39, 0.29) is 0 Å². The van der Waals surface area contributed by atoms with Gasteiger partial charge >= 0.3 is 0 Å². The third-order valence-electron chi connectivity index (χ3n) is 4.75. The molecule has 0 spiro atoms. The fraction of sp³-hybridized carbons (Fsp3) is 0.500. The van der Waals surface area contributed by atoms with Crippen molar-refractivity contribution in [2.24, 2.45) is 0 Å². The van der Waals surface area contributed by atoms with Crippen LogP contribution in [0.5, 0.6) is 0 Å². The SMILES string of the molecule is OC(COCc1cccs1)CN(Cc1ccccc1Cl)C1CCCC1. The predicted molar refractivity (Wildman–Crippen MR) is 104 cm³/mol. The number of hydrogen-bond donors (Lipinski definition) is 1. The Hall–Kier alpha value is -0.910. The zero-order chi connectivity index (χ0) is 17.5. The second kappa shape index (κ2) is 9.70. The number of halogens is 1. The predicted octanol–water partition coefficient (Wildman–Crippen LogP) is 4.72. The number of rotatable bonds is 9. The van der Waals surface area contributed by atoms with E-state index < -0.39 is 6.10 Å². The molecule has 25 heavy (non-hydrogen) atoms. The molecule has 1 aromatic heterocycles. The van der Waals surface area contributed by atoms with Crippen molar-refractivity contribution in [1.29, 1.82) is 0 Å². The molecule has 0 aliphatic heterocycles. The molecule has 1 aliphatic rings. The Balaban J connectivity index is 1.54. The van der Waals surface area contributed by atoms with Crippen molar-refractivity contribution in [2.75, 3.05) is 13.2 Å². The molecule has 0 radical (unpaired) electrons. The van der Waals surface area contributed by atoms with Gasteiger partial charge in [-0.25, -0.2) is 0 Å². The molecular weight excluding hydrogens is 354 g/mol. The Morgan fingerprint density at radius 3 is 2.72 bits per heavy atom. The Kier molecular flexibility index (Phi) is 7.32. The summed E-state index contributed by atoms with van der Waals surface area (Å²) in [4.78, 5) is 3.57. The number of aliphatic hydroxyl groups excluding tert-OH is 1. The largest absolute Gasteiger partial charge is 0.389 e. The van der Waals surface area contributed by atoms with Gasteiger partial charge in [0.15, 0.2) is 0 Å². The summed E-state index contributed by atoms with van der Waals surface area (Å²) in [5.41, 5.74) is 1.13. The molecule has 1 N–H and O–H groups in total. The molecule has 0 saturated heterocycles. The zero-order valence-electron chi connectivity index (χ0n) is 14.4. The third kappa shape index (κ3) is 5.80. The summed E-state index contributed by atoms with van der Waals surface area (Å²) < 4.78 is 5.68. The van der Waals surface area contributed by atoms with Gasteiger partial charge in [0.1, 0.15) is 0 Å². The molecule has 1 atom stereocenters. The molecule has 1 aliphatic carbocycles. The standard InChI is InChI=1S/C20H26ClNO2S/c21-20-10-4-1-6-16(20)12-22(17-7-2-3-8-17)13-18(23)14-24-15-19-9-5-11-25-19/h1,4-6,9-11,17-18,23H,2-3,7-8,12-15H2. The zero-order valence-corrected chi connectivity index (χ0v) is 16.0. The maximum atomic E-state index is 10.5. The van der Waals surface area contributed by atoms with E-state index in [1.165, 1.54) is 30.6 Å². The number of hydrogen-bond acceptors (Lipinski definition) is 4. The lowest BCUT2D eigenvalue weighted by atomic mass is 10.1. The summed E-state index contributed by atoms with van der Waals surface area (Å²) in [7, 11) is 0. The highest BCUT2D eigenvalue weighted by Gasteiger charge is 2.25. The van der Waals surface area contributed by atoms with E-state index in [1.54, 1.807) is 11.3 Å². The first-order valence-electron chi connectivity index (χ1n) is 8.98. The first-order chi connectivity index (χ1) is 12.2. The molecule has 3 rings (SSSR count). The van der Waals surface area contributed by atoms with Gasteiger partial charge in [0, 0.05) is 29.0 Å². The molecule has 0 amide bonds. The third-order valence-corrected chi connectivity index (χ3v) is 5.97. The first-order valence-corrected chi connectivity index (χ1v) is 10.2. The Morgan fingerprint density at radius 2 is 2.00 bits per heavy atom. The molecule has 1 aromatic carbocycles. The van der Waals surface area contributed by atoms with E-state index in [1.807, 2.05) is 29.6 Å². The molecule has 0 bridgehead atoms. The van der Waals surface area contributed by atoms with Crippen LogP contribution < -0.4 is 0 Å². The van der Waals surface area contributed by atoms with E-state index in [2.05, 4.69) is 17.0 Å². The Bertz CT molecular complexity index is 628. The molecule has 1 heterocycles. The van der Waals surface area contributed by atoms with Crippen molar-refractivity contribution in [3.05, 3.63) is 57.2 Å². The van der Waals surface area contributed by atoms with E-state index in [0.717, 1.165) is 17.1 Å². The lowest BCUT2D eigenvalue weighted by Crippen LogP contribution is -2.40. The highest BCUT2D eigenvalue weighted by Crippen LogP contribution is 2.27. The summed E-state index contributed by atoms with van der Waals surface area (Å²) in [5.74, 6) is 0. The number of benzene rings is 1. The van der Waals surface area contributed by atoms with Gasteiger partial charge in [-0.05, 0) is 35.9 Å². The maximum Gasteiger partial charge on any atom is 0.0900 e. The minimum Gasteiger partial charge on any atom is -0.389 e. The lowest BCUT2D eigenvalue weighted by molar-refractivity contribution is 0.00147. The van der Waals surface area contributed by atoms with Crippen molar-refractivity contribution in [3.8, 4) is 0 Å². The number of aliphatic hydroxyl groups is 1. The van der Waals surface area contributed by atoms with Crippen molar-refractivity contribution < 1.29 is 9.84 Å². The van der Waals surface area contributed by atoms with E-state index in [0.29, 0.717) is 25.8 Å². The van der Waals surface area contributed by atoms with Gasteiger partial charge in [-0.1, -0.05) is 48.7 Å². The van der Waals surface area contributed by atoms with Gasteiger partial charge in [-0.15, -0.1) is 11.3 Å². The summed E-state index contributed by atoms with van der Waals surface area (Å²) in [6, 6.07) is 12.6. The van der Waals surface area contributed by atoms with Gasteiger partial charge in [0.25, 0.3) is 0 Å². The van der Waals surface area contributed by atoms with Crippen LogP contribution in [0.4, 0.5) is 0 Å². The molecule has 136 valence electrons.